The van der Waals surface area contributed by atoms with Crippen LogP contribution in [0.5, 0.6) is 5.75 Å². The number of hydrogen-bond donors (Lipinski definition) is 4. The molecule has 2 aromatic rings. The number of primary amides is 1. The van der Waals surface area contributed by atoms with Crippen LogP contribution in [0.3, 0.4) is 0 Å². The second kappa shape index (κ2) is 7.44. The zero-order valence-electron chi connectivity index (χ0n) is 12.0. The van der Waals surface area contributed by atoms with Gasteiger partial charge in [-0.25, -0.2) is 0 Å². The molecule has 5 N–H and O–H groups in total. The monoisotopic (exact) mass is 302 g/mol. The summed E-state index contributed by atoms with van der Waals surface area (Å²) < 4.78 is 5.43. The number of aliphatic hydroxyl groups excluding tert-OH is 2. The number of ether oxygens (including phenoxy) is 1. The van der Waals surface area contributed by atoms with Crippen LogP contribution in [0.25, 0.3) is 0 Å². The summed E-state index contributed by atoms with van der Waals surface area (Å²) in [6.07, 6.45) is 0. The predicted molar refractivity (Wildman–Crippen MR) is 83.2 cm³/mol. The number of hydrogen-bond acceptors (Lipinski definition) is 5. The van der Waals surface area contributed by atoms with Gasteiger partial charge in [0.25, 0.3) is 5.91 Å². The van der Waals surface area contributed by atoms with E-state index in [0.29, 0.717) is 17.0 Å². The van der Waals surface area contributed by atoms with Crippen LogP contribution < -0.4 is 15.8 Å². The maximum absolute atomic E-state index is 11.6. The minimum Gasteiger partial charge on any atom is -0.489 e. The van der Waals surface area contributed by atoms with Crippen molar-refractivity contribution < 1.29 is 19.7 Å². The van der Waals surface area contributed by atoms with Crippen molar-refractivity contribution in [2.24, 2.45) is 5.73 Å². The zero-order chi connectivity index (χ0) is 15.9. The first-order valence-corrected chi connectivity index (χ1v) is 6.79. The van der Waals surface area contributed by atoms with E-state index in [0.717, 1.165) is 11.3 Å². The van der Waals surface area contributed by atoms with Gasteiger partial charge in [0.05, 0.1) is 24.5 Å². The molecule has 22 heavy (non-hydrogen) atoms. The van der Waals surface area contributed by atoms with Crippen LogP contribution in [0.2, 0.25) is 0 Å². The highest BCUT2D eigenvalue weighted by atomic mass is 16.5. The van der Waals surface area contributed by atoms with E-state index in [4.69, 9.17) is 20.7 Å². The van der Waals surface area contributed by atoms with Gasteiger partial charge in [-0.2, -0.15) is 0 Å². The summed E-state index contributed by atoms with van der Waals surface area (Å²) in [7, 11) is 0. The normalized spacial score (nSPS) is 10.3. The largest absolute Gasteiger partial charge is 0.489 e. The summed E-state index contributed by atoms with van der Waals surface area (Å²) in [6.45, 7) is -0.0607. The van der Waals surface area contributed by atoms with Gasteiger partial charge in [0.15, 0.2) is 0 Å². The van der Waals surface area contributed by atoms with Crippen LogP contribution in [0.15, 0.2) is 42.5 Å². The lowest BCUT2D eigenvalue weighted by atomic mass is 10.1. The van der Waals surface area contributed by atoms with Gasteiger partial charge in [-0.05, 0) is 29.8 Å². The van der Waals surface area contributed by atoms with Crippen molar-refractivity contribution in [1.29, 1.82) is 0 Å². The molecule has 116 valence electrons. The number of nitrogens with one attached hydrogen (secondary N) is 1. The number of amides is 1. The number of nitrogens with two attached hydrogens (primary N) is 1. The smallest absolute Gasteiger partial charge is 0.250 e. The third-order valence-electron chi connectivity index (χ3n) is 3.05. The topological polar surface area (TPSA) is 105 Å². The van der Waals surface area contributed by atoms with Crippen LogP contribution in [-0.4, -0.2) is 29.3 Å². The molecule has 0 unspecified atom stereocenters. The Morgan fingerprint density at radius 1 is 1.14 bits per heavy atom. The zero-order valence-corrected chi connectivity index (χ0v) is 12.0. The molecule has 0 saturated carbocycles. The maximum atomic E-state index is 11.6. The second-order valence-electron chi connectivity index (χ2n) is 4.60. The van der Waals surface area contributed by atoms with Crippen LogP contribution in [-0.2, 0) is 6.61 Å². The van der Waals surface area contributed by atoms with Crippen LogP contribution in [0, 0.1) is 0 Å². The Morgan fingerprint density at radius 3 is 2.45 bits per heavy atom. The fourth-order valence-electron chi connectivity index (χ4n) is 1.98. The Hall–Kier alpha value is -2.57. The highest BCUT2D eigenvalue weighted by Crippen LogP contribution is 2.31. The third kappa shape index (κ3) is 3.75. The fourth-order valence-corrected chi connectivity index (χ4v) is 1.98. The molecule has 0 heterocycles. The fraction of sp³-hybridized carbons (Fsp3) is 0.188. The molecule has 0 atom stereocenters. The summed E-state index contributed by atoms with van der Waals surface area (Å²) in [4.78, 5) is 11.6. The molecule has 0 aliphatic heterocycles. The summed E-state index contributed by atoms with van der Waals surface area (Å²) in [6, 6.07) is 12.0. The lowest BCUT2D eigenvalue weighted by molar-refractivity contribution is 0.100. The van der Waals surface area contributed by atoms with Crippen molar-refractivity contribution in [3.05, 3.63) is 53.6 Å². The molecule has 6 heteroatoms. The second-order valence-corrected chi connectivity index (χ2v) is 4.60. The average Bonchev–Trinajstić information content (AvgIpc) is 2.54. The lowest BCUT2D eigenvalue weighted by Crippen LogP contribution is -2.14. The molecule has 0 spiro atoms. The van der Waals surface area contributed by atoms with Crippen molar-refractivity contribution in [2.45, 2.75) is 6.61 Å². The Balaban J connectivity index is 2.34. The van der Waals surface area contributed by atoms with Gasteiger partial charge in [-0.1, -0.05) is 18.2 Å². The molecule has 6 nitrogen and oxygen atoms in total. The van der Waals surface area contributed by atoms with Crippen molar-refractivity contribution >= 4 is 17.3 Å². The van der Waals surface area contributed by atoms with Gasteiger partial charge >= 0.3 is 0 Å². The average molecular weight is 302 g/mol. The number of carbonyl (C=O) groups excluding carboxylic acids is 1. The molecule has 0 aromatic heterocycles. The van der Waals surface area contributed by atoms with E-state index in [2.05, 4.69) is 5.32 Å². The number of carbonyl (C=O) groups is 1. The van der Waals surface area contributed by atoms with Gasteiger partial charge in [-0.15, -0.1) is 0 Å². The quantitative estimate of drug-likeness (QED) is 0.618. The van der Waals surface area contributed by atoms with Crippen molar-refractivity contribution in [1.82, 2.24) is 0 Å². The predicted octanol–water partition coefficient (Wildman–Crippen LogP) is 1.39. The lowest BCUT2D eigenvalue weighted by Gasteiger charge is -2.15. The van der Waals surface area contributed by atoms with E-state index >= 15 is 0 Å². The van der Waals surface area contributed by atoms with Crippen LogP contribution in [0.1, 0.15) is 15.9 Å². The molecule has 1 amide bonds. The standard InChI is InChI=1S/C16H18N2O4/c17-16(21)13-2-1-3-14(22-9-8-19)15(13)18-12-6-4-11(10-20)5-7-12/h1-7,18-20H,8-10H2,(H2,17,21). The highest BCUT2D eigenvalue weighted by molar-refractivity contribution is 6.00. The van der Waals surface area contributed by atoms with E-state index < -0.39 is 5.91 Å². The maximum Gasteiger partial charge on any atom is 0.250 e. The minimum atomic E-state index is -0.580. The number of benzene rings is 2. The number of para-hydroxylation sites is 1. The molecule has 0 bridgehead atoms. The van der Waals surface area contributed by atoms with E-state index in [-0.39, 0.29) is 19.8 Å². The molecule has 2 rings (SSSR count). The highest BCUT2D eigenvalue weighted by Gasteiger charge is 2.14. The van der Waals surface area contributed by atoms with Crippen molar-refractivity contribution in [2.75, 3.05) is 18.5 Å². The Kier molecular flexibility index (Phi) is 5.35. The molecular weight excluding hydrogens is 284 g/mol. The van der Waals surface area contributed by atoms with E-state index in [9.17, 15) is 4.79 Å². The van der Waals surface area contributed by atoms with Crippen molar-refractivity contribution in [3.63, 3.8) is 0 Å². The van der Waals surface area contributed by atoms with E-state index in [1.807, 2.05) is 0 Å². The van der Waals surface area contributed by atoms with E-state index in [1.54, 1.807) is 42.5 Å². The molecule has 0 radical (unpaired) electrons. The Bertz CT molecular complexity index is 641. The third-order valence-corrected chi connectivity index (χ3v) is 3.05. The number of aliphatic hydroxyl groups is 2. The summed E-state index contributed by atoms with van der Waals surface area (Å²) >= 11 is 0. The van der Waals surface area contributed by atoms with Crippen molar-refractivity contribution in [3.8, 4) is 5.75 Å². The number of rotatable bonds is 7. The minimum absolute atomic E-state index is 0.0387. The summed E-state index contributed by atoms with van der Waals surface area (Å²) in [5, 5.41) is 21.0. The van der Waals surface area contributed by atoms with Gasteiger partial charge in [0, 0.05) is 5.69 Å². The van der Waals surface area contributed by atoms with Crippen LogP contribution >= 0.6 is 0 Å². The first-order chi connectivity index (χ1) is 10.7. The van der Waals surface area contributed by atoms with Crippen LogP contribution in [0.4, 0.5) is 11.4 Å². The molecule has 0 saturated heterocycles. The summed E-state index contributed by atoms with van der Waals surface area (Å²) in [5.74, 6) is -0.152. The first kappa shape index (κ1) is 15.8. The Morgan fingerprint density at radius 2 is 1.86 bits per heavy atom. The van der Waals surface area contributed by atoms with Gasteiger partial charge in [0.2, 0.25) is 0 Å². The van der Waals surface area contributed by atoms with Gasteiger partial charge in [-0.3, -0.25) is 4.79 Å². The summed E-state index contributed by atoms with van der Waals surface area (Å²) in [5.41, 5.74) is 7.64. The molecule has 0 fully saturated rings. The SMILES string of the molecule is NC(=O)c1cccc(OCCO)c1Nc1ccc(CO)cc1. The Labute approximate surface area is 128 Å². The molecule has 0 aliphatic rings. The van der Waals surface area contributed by atoms with E-state index in [1.165, 1.54) is 0 Å². The molecular formula is C16H18N2O4. The van der Waals surface area contributed by atoms with Gasteiger partial charge in [0.1, 0.15) is 12.4 Å². The number of anilines is 2. The van der Waals surface area contributed by atoms with Gasteiger partial charge < -0.3 is 26.0 Å². The molecule has 0 aliphatic carbocycles. The first-order valence-electron chi connectivity index (χ1n) is 6.79. The molecule has 2 aromatic carbocycles.